The van der Waals surface area contributed by atoms with Crippen molar-refractivity contribution in [3.05, 3.63) is 57.8 Å². The van der Waals surface area contributed by atoms with Gasteiger partial charge in [0.05, 0.1) is 11.8 Å². The van der Waals surface area contributed by atoms with Crippen LogP contribution in [-0.2, 0) is 0 Å². The SMILES string of the molecule is CCNC(=S)N1N=C(c2ccc(C)cc2)CC1c1cccs1. The van der Waals surface area contributed by atoms with Gasteiger partial charge in [0.25, 0.3) is 0 Å². The zero-order valence-corrected chi connectivity index (χ0v) is 14.4. The minimum Gasteiger partial charge on any atom is -0.361 e. The number of hydrogen-bond donors (Lipinski definition) is 1. The van der Waals surface area contributed by atoms with Gasteiger partial charge in [-0.3, -0.25) is 0 Å². The number of hydrazone groups is 1. The Balaban J connectivity index is 1.91. The zero-order valence-electron chi connectivity index (χ0n) is 12.7. The van der Waals surface area contributed by atoms with Crippen LogP contribution in [-0.4, -0.2) is 22.4 Å². The molecule has 0 saturated heterocycles. The van der Waals surface area contributed by atoms with E-state index in [1.165, 1.54) is 16.0 Å². The lowest BCUT2D eigenvalue weighted by Gasteiger charge is -2.23. The Morgan fingerprint density at radius 3 is 2.77 bits per heavy atom. The molecule has 0 spiro atoms. The molecule has 0 radical (unpaired) electrons. The Kier molecular flexibility index (Phi) is 4.55. The molecular weight excluding hydrogens is 310 g/mol. The van der Waals surface area contributed by atoms with E-state index in [2.05, 4.69) is 54.0 Å². The Hall–Kier alpha value is -1.72. The molecule has 22 heavy (non-hydrogen) atoms. The topological polar surface area (TPSA) is 27.6 Å². The van der Waals surface area contributed by atoms with E-state index in [0.717, 1.165) is 18.7 Å². The lowest BCUT2D eigenvalue weighted by molar-refractivity contribution is 0.369. The van der Waals surface area contributed by atoms with Gasteiger partial charge in [-0.15, -0.1) is 11.3 Å². The van der Waals surface area contributed by atoms with Crippen molar-refractivity contribution in [3.63, 3.8) is 0 Å². The molecule has 114 valence electrons. The van der Waals surface area contributed by atoms with Crippen LogP contribution in [0.4, 0.5) is 0 Å². The molecule has 2 aromatic rings. The molecule has 1 aromatic carbocycles. The van der Waals surface area contributed by atoms with Gasteiger partial charge in [0.2, 0.25) is 0 Å². The normalized spacial score (nSPS) is 17.5. The fourth-order valence-corrected chi connectivity index (χ4v) is 3.68. The summed E-state index contributed by atoms with van der Waals surface area (Å²) in [6.07, 6.45) is 0.884. The average Bonchev–Trinajstić information content (AvgIpc) is 3.17. The maximum Gasteiger partial charge on any atom is 0.190 e. The third-order valence-electron chi connectivity index (χ3n) is 3.70. The van der Waals surface area contributed by atoms with E-state index in [4.69, 9.17) is 17.3 Å². The number of thiocarbonyl (C=S) groups is 1. The number of rotatable bonds is 3. The number of thiophene rings is 1. The molecule has 0 saturated carbocycles. The highest BCUT2D eigenvalue weighted by Crippen LogP contribution is 2.35. The zero-order chi connectivity index (χ0) is 15.5. The first-order chi connectivity index (χ1) is 10.7. The Morgan fingerprint density at radius 2 is 2.14 bits per heavy atom. The summed E-state index contributed by atoms with van der Waals surface area (Å²) in [5.41, 5.74) is 3.53. The van der Waals surface area contributed by atoms with Crippen LogP contribution >= 0.6 is 23.6 Å². The maximum atomic E-state index is 5.50. The van der Waals surface area contributed by atoms with Crippen LogP contribution in [0.1, 0.15) is 35.4 Å². The number of nitrogens with zero attached hydrogens (tertiary/aromatic N) is 2. The third-order valence-corrected chi connectivity index (χ3v) is 5.01. The molecule has 1 atom stereocenters. The Bertz CT molecular complexity index is 674. The number of nitrogens with one attached hydrogen (secondary N) is 1. The summed E-state index contributed by atoms with van der Waals surface area (Å²) in [5, 5.41) is 12.8. The first-order valence-electron chi connectivity index (χ1n) is 7.44. The van der Waals surface area contributed by atoms with Crippen LogP contribution in [0.3, 0.4) is 0 Å². The van der Waals surface area contributed by atoms with Gasteiger partial charge in [0.15, 0.2) is 5.11 Å². The van der Waals surface area contributed by atoms with E-state index in [9.17, 15) is 0 Å². The van der Waals surface area contributed by atoms with Crippen molar-refractivity contribution in [2.24, 2.45) is 5.10 Å². The highest BCUT2D eigenvalue weighted by atomic mass is 32.1. The monoisotopic (exact) mass is 329 g/mol. The van der Waals surface area contributed by atoms with Crippen LogP contribution in [0.2, 0.25) is 0 Å². The minimum atomic E-state index is 0.197. The van der Waals surface area contributed by atoms with E-state index in [0.29, 0.717) is 5.11 Å². The summed E-state index contributed by atoms with van der Waals surface area (Å²) in [7, 11) is 0. The van der Waals surface area contributed by atoms with Gasteiger partial charge >= 0.3 is 0 Å². The van der Waals surface area contributed by atoms with Crippen LogP contribution < -0.4 is 5.32 Å². The number of hydrogen-bond acceptors (Lipinski definition) is 3. The van der Waals surface area contributed by atoms with E-state index in [-0.39, 0.29) is 6.04 Å². The van der Waals surface area contributed by atoms with Crippen molar-refractivity contribution >= 4 is 34.4 Å². The average molecular weight is 329 g/mol. The molecule has 1 aromatic heterocycles. The quantitative estimate of drug-likeness (QED) is 0.859. The molecular formula is C17H19N3S2. The standard InChI is InChI=1S/C17H19N3S2/c1-3-18-17(21)20-15(16-5-4-10-22-16)11-14(19-20)13-8-6-12(2)7-9-13/h4-10,15H,3,11H2,1-2H3,(H,18,21). The molecule has 5 heteroatoms. The third kappa shape index (κ3) is 3.05. The highest BCUT2D eigenvalue weighted by Gasteiger charge is 2.31. The lowest BCUT2D eigenvalue weighted by atomic mass is 10.0. The summed E-state index contributed by atoms with van der Waals surface area (Å²) in [6, 6.07) is 13.0. The molecule has 3 rings (SSSR count). The highest BCUT2D eigenvalue weighted by molar-refractivity contribution is 7.80. The van der Waals surface area contributed by atoms with E-state index in [1.807, 2.05) is 11.9 Å². The molecule has 2 heterocycles. The van der Waals surface area contributed by atoms with Crippen LogP contribution in [0, 0.1) is 6.92 Å². The summed E-state index contributed by atoms with van der Waals surface area (Å²) >= 11 is 7.26. The minimum absolute atomic E-state index is 0.197. The van der Waals surface area contributed by atoms with Gasteiger partial charge in [0.1, 0.15) is 0 Å². The summed E-state index contributed by atoms with van der Waals surface area (Å²) in [5.74, 6) is 0. The van der Waals surface area contributed by atoms with Crippen molar-refractivity contribution in [3.8, 4) is 0 Å². The first-order valence-corrected chi connectivity index (χ1v) is 8.73. The predicted molar refractivity (Wildman–Crippen MR) is 97.5 cm³/mol. The van der Waals surface area contributed by atoms with Crippen molar-refractivity contribution in [2.45, 2.75) is 26.3 Å². The molecule has 3 nitrogen and oxygen atoms in total. The van der Waals surface area contributed by atoms with Gasteiger partial charge in [-0.1, -0.05) is 35.9 Å². The molecule has 1 aliphatic rings. The van der Waals surface area contributed by atoms with Crippen LogP contribution in [0.25, 0.3) is 0 Å². The second-order valence-electron chi connectivity index (χ2n) is 5.33. The van der Waals surface area contributed by atoms with Crippen molar-refractivity contribution in [1.29, 1.82) is 0 Å². The number of aryl methyl sites for hydroxylation is 1. The summed E-state index contributed by atoms with van der Waals surface area (Å²) in [6.45, 7) is 4.95. The van der Waals surface area contributed by atoms with Crippen molar-refractivity contribution in [2.75, 3.05) is 6.54 Å². The molecule has 1 N–H and O–H groups in total. The molecule has 0 bridgehead atoms. The van der Waals surface area contributed by atoms with Gasteiger partial charge < -0.3 is 5.32 Å². The molecule has 1 unspecified atom stereocenters. The second kappa shape index (κ2) is 6.58. The second-order valence-corrected chi connectivity index (χ2v) is 6.69. The van der Waals surface area contributed by atoms with Crippen LogP contribution in [0.5, 0.6) is 0 Å². The predicted octanol–water partition coefficient (Wildman–Crippen LogP) is 4.10. The molecule has 0 amide bonds. The number of benzene rings is 1. The van der Waals surface area contributed by atoms with E-state index < -0.39 is 0 Å². The van der Waals surface area contributed by atoms with E-state index >= 15 is 0 Å². The Labute approximate surface area is 140 Å². The van der Waals surface area contributed by atoms with Gasteiger partial charge in [-0.05, 0) is 43.1 Å². The van der Waals surface area contributed by atoms with Gasteiger partial charge in [0, 0.05) is 17.8 Å². The molecule has 1 aliphatic heterocycles. The summed E-state index contributed by atoms with van der Waals surface area (Å²) in [4.78, 5) is 1.30. The Morgan fingerprint density at radius 1 is 1.36 bits per heavy atom. The van der Waals surface area contributed by atoms with Crippen molar-refractivity contribution < 1.29 is 0 Å². The van der Waals surface area contributed by atoms with E-state index in [1.54, 1.807) is 11.3 Å². The van der Waals surface area contributed by atoms with Gasteiger partial charge in [-0.25, -0.2) is 5.01 Å². The smallest absolute Gasteiger partial charge is 0.190 e. The molecule has 0 aliphatic carbocycles. The first kappa shape index (κ1) is 15.2. The fraction of sp³-hybridized carbons (Fsp3) is 0.294. The molecule has 0 fully saturated rings. The fourth-order valence-electron chi connectivity index (χ4n) is 2.55. The van der Waals surface area contributed by atoms with Crippen LogP contribution in [0.15, 0.2) is 46.9 Å². The van der Waals surface area contributed by atoms with Crippen molar-refractivity contribution in [1.82, 2.24) is 10.3 Å². The summed E-state index contributed by atoms with van der Waals surface area (Å²) < 4.78 is 0. The van der Waals surface area contributed by atoms with Gasteiger partial charge in [-0.2, -0.15) is 5.10 Å². The largest absolute Gasteiger partial charge is 0.361 e. The maximum absolute atomic E-state index is 5.50. The lowest BCUT2D eigenvalue weighted by Crippen LogP contribution is -2.36.